The normalized spacial score (nSPS) is 12.0. The molecule has 0 bridgehead atoms. The minimum absolute atomic E-state index is 0.0495. The van der Waals surface area contributed by atoms with Crippen LogP contribution < -0.4 is 10.6 Å². The van der Waals surface area contributed by atoms with Crippen LogP contribution in [0.25, 0.3) is 10.9 Å². The van der Waals surface area contributed by atoms with Gasteiger partial charge in [-0.05, 0) is 59.7 Å². The van der Waals surface area contributed by atoms with Crippen LogP contribution in [-0.4, -0.2) is 17.4 Å². The molecule has 0 radical (unpaired) electrons. The number of H-pyrrole nitrogens is 1. The van der Waals surface area contributed by atoms with E-state index in [2.05, 4.69) is 39.9 Å². The number of aryl methyl sites for hydroxylation is 1. The lowest BCUT2D eigenvalue weighted by molar-refractivity contribution is -0.118. The lowest BCUT2D eigenvalue weighted by atomic mass is 10.0. The Labute approximate surface area is 171 Å². The molecule has 4 rings (SSSR count). The fourth-order valence-electron chi connectivity index (χ4n) is 3.54. The predicted octanol–water partition coefficient (Wildman–Crippen LogP) is 4.99. The Morgan fingerprint density at radius 1 is 0.966 bits per heavy atom. The molecule has 146 valence electrons. The van der Waals surface area contributed by atoms with Crippen LogP contribution in [0.15, 0.2) is 85.1 Å². The van der Waals surface area contributed by atoms with E-state index in [1.807, 2.05) is 67.7 Å². The quantitative estimate of drug-likeness (QED) is 0.421. The summed E-state index contributed by atoms with van der Waals surface area (Å²) in [5, 5.41) is 7.73. The van der Waals surface area contributed by atoms with Gasteiger partial charge in [-0.25, -0.2) is 0 Å². The van der Waals surface area contributed by atoms with Gasteiger partial charge in [-0.2, -0.15) is 0 Å². The van der Waals surface area contributed by atoms with Crippen LogP contribution in [0.1, 0.15) is 22.7 Å². The molecule has 0 aliphatic rings. The highest BCUT2D eigenvalue weighted by atomic mass is 16.2. The van der Waals surface area contributed by atoms with Crippen molar-refractivity contribution < 1.29 is 4.79 Å². The Balaban J connectivity index is 1.46. The molecular formula is C25H25N3O. The number of aromatic amines is 1. The number of anilines is 1. The monoisotopic (exact) mass is 383 g/mol. The number of hydrogen-bond donors (Lipinski definition) is 3. The molecule has 4 aromatic rings. The first-order chi connectivity index (χ1) is 14.2. The highest BCUT2D eigenvalue weighted by Gasteiger charge is 2.20. The number of aromatic nitrogens is 1. The van der Waals surface area contributed by atoms with Crippen molar-refractivity contribution in [1.82, 2.24) is 10.3 Å². The number of hydrogen-bond acceptors (Lipinski definition) is 2. The van der Waals surface area contributed by atoms with Gasteiger partial charge < -0.3 is 15.6 Å². The van der Waals surface area contributed by atoms with Gasteiger partial charge in [0.05, 0.1) is 0 Å². The minimum Gasteiger partial charge on any atom is -0.361 e. The van der Waals surface area contributed by atoms with Crippen LogP contribution in [-0.2, 0) is 11.2 Å². The molecule has 0 spiro atoms. The number of nitrogens with one attached hydrogen (secondary N) is 3. The molecule has 4 heteroatoms. The Morgan fingerprint density at radius 2 is 1.76 bits per heavy atom. The number of carbonyl (C=O) groups excluding carboxylic acids is 1. The Hall–Kier alpha value is -3.37. The van der Waals surface area contributed by atoms with E-state index in [1.165, 1.54) is 10.9 Å². The molecule has 0 saturated carbocycles. The Bertz CT molecular complexity index is 1100. The summed E-state index contributed by atoms with van der Waals surface area (Å²) in [6.45, 7) is 2.70. The number of benzene rings is 3. The van der Waals surface area contributed by atoms with Gasteiger partial charge in [0, 0.05) is 23.9 Å². The van der Waals surface area contributed by atoms with Crippen molar-refractivity contribution in [3.8, 4) is 0 Å². The molecule has 1 aromatic heterocycles. The summed E-state index contributed by atoms with van der Waals surface area (Å²) in [7, 11) is 0. The van der Waals surface area contributed by atoms with Gasteiger partial charge >= 0.3 is 0 Å². The second kappa shape index (κ2) is 8.76. The summed E-state index contributed by atoms with van der Waals surface area (Å²) >= 11 is 0. The molecule has 4 nitrogen and oxygen atoms in total. The van der Waals surface area contributed by atoms with Crippen LogP contribution >= 0.6 is 0 Å². The van der Waals surface area contributed by atoms with Crippen molar-refractivity contribution in [2.24, 2.45) is 0 Å². The van der Waals surface area contributed by atoms with E-state index in [1.54, 1.807) is 0 Å². The second-order valence-electron chi connectivity index (χ2n) is 7.25. The van der Waals surface area contributed by atoms with Crippen molar-refractivity contribution >= 4 is 22.5 Å². The number of fused-ring (bicyclic) bond motifs is 1. The number of carbonyl (C=O) groups is 1. The van der Waals surface area contributed by atoms with Crippen LogP contribution in [0.3, 0.4) is 0 Å². The topological polar surface area (TPSA) is 56.9 Å². The first kappa shape index (κ1) is 19.0. The third-order valence-electron chi connectivity index (χ3n) is 5.18. The highest BCUT2D eigenvalue weighted by Crippen LogP contribution is 2.19. The zero-order valence-corrected chi connectivity index (χ0v) is 16.5. The van der Waals surface area contributed by atoms with E-state index in [-0.39, 0.29) is 5.91 Å². The standard InChI is InChI=1S/C25H25N3O/c1-18-7-5-6-10-22(18)28-25(29)24(20-8-3-2-4-9-20)27-15-13-19-11-12-23-21(17-19)14-16-26-23/h2-12,14,16-17,24,26-27H,13,15H2,1H3,(H,28,29)/t24-/m1/s1. The van der Waals surface area contributed by atoms with Crippen molar-refractivity contribution in [2.45, 2.75) is 19.4 Å². The number of amides is 1. The molecule has 29 heavy (non-hydrogen) atoms. The molecule has 0 unspecified atom stereocenters. The Morgan fingerprint density at radius 3 is 2.59 bits per heavy atom. The maximum Gasteiger partial charge on any atom is 0.246 e. The summed E-state index contributed by atoms with van der Waals surface area (Å²) in [6, 6.07) is 25.8. The fourth-order valence-corrected chi connectivity index (χ4v) is 3.54. The average Bonchev–Trinajstić information content (AvgIpc) is 3.21. The van der Waals surface area contributed by atoms with Gasteiger partial charge in [0.25, 0.3) is 0 Å². The summed E-state index contributed by atoms with van der Waals surface area (Å²) in [4.78, 5) is 16.3. The first-order valence-corrected chi connectivity index (χ1v) is 9.91. The van der Waals surface area contributed by atoms with E-state index >= 15 is 0 Å². The van der Waals surface area contributed by atoms with Crippen molar-refractivity contribution in [1.29, 1.82) is 0 Å². The summed E-state index contributed by atoms with van der Waals surface area (Å²) in [5.74, 6) is -0.0495. The van der Waals surface area contributed by atoms with Gasteiger partial charge in [-0.1, -0.05) is 54.6 Å². The van der Waals surface area contributed by atoms with E-state index in [4.69, 9.17) is 0 Å². The zero-order valence-electron chi connectivity index (χ0n) is 16.5. The van der Waals surface area contributed by atoms with Crippen molar-refractivity contribution in [3.05, 3.63) is 102 Å². The molecule has 0 aliphatic carbocycles. The van der Waals surface area contributed by atoms with E-state index in [9.17, 15) is 4.79 Å². The minimum atomic E-state index is -0.410. The predicted molar refractivity (Wildman–Crippen MR) is 119 cm³/mol. The second-order valence-corrected chi connectivity index (χ2v) is 7.25. The maximum atomic E-state index is 13.1. The van der Waals surface area contributed by atoms with Crippen LogP contribution in [0.4, 0.5) is 5.69 Å². The van der Waals surface area contributed by atoms with E-state index in [0.29, 0.717) is 6.54 Å². The number of para-hydroxylation sites is 1. The van der Waals surface area contributed by atoms with Gasteiger partial charge in [-0.15, -0.1) is 0 Å². The lowest BCUT2D eigenvalue weighted by Gasteiger charge is -2.20. The Kier molecular flexibility index (Phi) is 5.73. The number of rotatable bonds is 7. The van der Waals surface area contributed by atoms with Gasteiger partial charge in [-0.3, -0.25) is 4.79 Å². The lowest BCUT2D eigenvalue weighted by Crippen LogP contribution is -2.34. The molecule has 0 aliphatic heterocycles. The summed E-state index contributed by atoms with van der Waals surface area (Å²) in [6.07, 6.45) is 2.80. The largest absolute Gasteiger partial charge is 0.361 e. The molecule has 3 N–H and O–H groups in total. The van der Waals surface area contributed by atoms with Crippen LogP contribution in [0, 0.1) is 6.92 Å². The SMILES string of the molecule is Cc1ccccc1NC(=O)[C@H](NCCc1ccc2[nH]ccc2c1)c1ccccc1. The van der Waals surface area contributed by atoms with Gasteiger partial charge in [0.2, 0.25) is 5.91 Å². The highest BCUT2D eigenvalue weighted by molar-refractivity contribution is 5.96. The first-order valence-electron chi connectivity index (χ1n) is 9.91. The maximum absolute atomic E-state index is 13.1. The molecule has 1 amide bonds. The molecule has 0 fully saturated rings. The fraction of sp³-hybridized carbons (Fsp3) is 0.160. The van der Waals surface area contributed by atoms with Crippen molar-refractivity contribution in [2.75, 3.05) is 11.9 Å². The average molecular weight is 383 g/mol. The zero-order chi connectivity index (χ0) is 20.1. The van der Waals surface area contributed by atoms with Crippen LogP contribution in [0.5, 0.6) is 0 Å². The molecule has 0 saturated heterocycles. The van der Waals surface area contributed by atoms with Gasteiger partial charge in [0.1, 0.15) is 6.04 Å². The summed E-state index contributed by atoms with van der Waals surface area (Å²) < 4.78 is 0. The third-order valence-corrected chi connectivity index (χ3v) is 5.18. The molecular weight excluding hydrogens is 358 g/mol. The third kappa shape index (κ3) is 4.55. The molecule has 1 heterocycles. The van der Waals surface area contributed by atoms with Gasteiger partial charge in [0.15, 0.2) is 0 Å². The van der Waals surface area contributed by atoms with E-state index < -0.39 is 6.04 Å². The molecule has 1 atom stereocenters. The van der Waals surface area contributed by atoms with Crippen LogP contribution in [0.2, 0.25) is 0 Å². The molecule has 3 aromatic carbocycles. The smallest absolute Gasteiger partial charge is 0.246 e. The summed E-state index contributed by atoms with van der Waals surface area (Å²) in [5.41, 5.74) is 5.24. The van der Waals surface area contributed by atoms with Crippen molar-refractivity contribution in [3.63, 3.8) is 0 Å². The van der Waals surface area contributed by atoms with E-state index in [0.717, 1.165) is 28.8 Å².